The summed E-state index contributed by atoms with van der Waals surface area (Å²) in [5.74, 6) is 0. The predicted octanol–water partition coefficient (Wildman–Crippen LogP) is 3.84. The van der Waals surface area contributed by atoms with E-state index in [4.69, 9.17) is 0 Å². The first-order valence-corrected chi connectivity index (χ1v) is 6.68. The van der Waals surface area contributed by atoms with Crippen LogP contribution in [0.4, 0.5) is 5.69 Å². The molecule has 0 aliphatic rings. The standard InChI is InChI=1S/C11H10BrN2O2.C2H6/c1-2-13-6-5-8-9(7-13)11(14(15)16)4-3-10(8)12;1-2/h3-7H,2H2,1H3;1-2H3/q+1;. The molecule has 0 fully saturated rings. The van der Waals surface area contributed by atoms with Gasteiger partial charge in [-0.1, -0.05) is 29.8 Å². The van der Waals surface area contributed by atoms with Crippen molar-refractivity contribution in [1.82, 2.24) is 0 Å². The second-order valence-corrected chi connectivity index (χ2v) is 4.28. The van der Waals surface area contributed by atoms with Crippen LogP contribution in [0.1, 0.15) is 20.8 Å². The number of halogens is 1. The van der Waals surface area contributed by atoms with Crippen molar-refractivity contribution in [2.45, 2.75) is 27.3 Å². The van der Waals surface area contributed by atoms with Gasteiger partial charge in [0.2, 0.25) is 0 Å². The van der Waals surface area contributed by atoms with E-state index in [2.05, 4.69) is 15.9 Å². The van der Waals surface area contributed by atoms with Gasteiger partial charge in [0.25, 0.3) is 5.69 Å². The lowest BCUT2D eigenvalue weighted by molar-refractivity contribution is -0.692. The minimum Gasteiger partial charge on any atom is -0.258 e. The number of fused-ring (bicyclic) bond motifs is 1. The molecule has 4 nitrogen and oxygen atoms in total. The van der Waals surface area contributed by atoms with E-state index in [0.717, 1.165) is 16.4 Å². The van der Waals surface area contributed by atoms with Crippen LogP contribution in [0.25, 0.3) is 10.8 Å². The van der Waals surface area contributed by atoms with Gasteiger partial charge in [-0.3, -0.25) is 10.1 Å². The van der Waals surface area contributed by atoms with Crippen molar-refractivity contribution in [2.75, 3.05) is 0 Å². The van der Waals surface area contributed by atoms with Crippen LogP contribution >= 0.6 is 15.9 Å². The molecular weight excluding hydrogens is 296 g/mol. The van der Waals surface area contributed by atoms with Crippen molar-refractivity contribution < 1.29 is 9.49 Å². The van der Waals surface area contributed by atoms with E-state index in [0.29, 0.717) is 5.39 Å². The molecule has 0 bridgehead atoms. The van der Waals surface area contributed by atoms with Crippen molar-refractivity contribution in [3.63, 3.8) is 0 Å². The summed E-state index contributed by atoms with van der Waals surface area (Å²) in [6.07, 6.45) is 3.72. The van der Waals surface area contributed by atoms with Crippen molar-refractivity contribution >= 4 is 32.4 Å². The summed E-state index contributed by atoms with van der Waals surface area (Å²) in [5, 5.41) is 12.4. The van der Waals surface area contributed by atoms with Crippen molar-refractivity contribution in [3.8, 4) is 0 Å². The number of hydrogen-bond donors (Lipinski definition) is 0. The third-order valence-electron chi connectivity index (χ3n) is 2.50. The number of nitrogens with zero attached hydrogens (tertiary/aromatic N) is 2. The van der Waals surface area contributed by atoms with Crippen LogP contribution in [-0.4, -0.2) is 4.92 Å². The molecule has 0 unspecified atom stereocenters. The van der Waals surface area contributed by atoms with E-state index in [9.17, 15) is 10.1 Å². The molecule has 0 aliphatic heterocycles. The molecule has 0 amide bonds. The largest absolute Gasteiger partial charge is 0.283 e. The number of non-ortho nitro benzene ring substituents is 1. The topological polar surface area (TPSA) is 47.0 Å². The second kappa shape index (κ2) is 6.44. The Morgan fingerprint density at radius 3 is 2.50 bits per heavy atom. The number of aryl methyl sites for hydroxylation is 1. The van der Waals surface area contributed by atoms with E-state index in [1.165, 1.54) is 6.07 Å². The maximum absolute atomic E-state index is 10.9. The summed E-state index contributed by atoms with van der Waals surface area (Å²) in [4.78, 5) is 10.6. The first-order chi connectivity index (χ1) is 8.63. The highest BCUT2D eigenvalue weighted by atomic mass is 79.9. The highest BCUT2D eigenvalue weighted by Crippen LogP contribution is 2.30. The lowest BCUT2D eigenvalue weighted by Gasteiger charge is -2.00. The molecule has 0 N–H and O–H groups in total. The smallest absolute Gasteiger partial charge is 0.258 e. The molecule has 1 heterocycles. The SMILES string of the molecule is CC.CC[n+]1ccc2c(Br)ccc([N+](=O)[O-])c2c1. The third kappa shape index (κ3) is 2.85. The summed E-state index contributed by atoms with van der Waals surface area (Å²) in [6.45, 7) is 6.79. The van der Waals surface area contributed by atoms with Crippen LogP contribution < -0.4 is 4.57 Å². The molecule has 0 atom stereocenters. The number of hydrogen-bond acceptors (Lipinski definition) is 2. The van der Waals surface area contributed by atoms with Gasteiger partial charge in [-0.15, -0.1) is 0 Å². The Balaban J connectivity index is 0.000000771. The number of rotatable bonds is 2. The van der Waals surface area contributed by atoms with Gasteiger partial charge in [0.05, 0.1) is 4.92 Å². The third-order valence-corrected chi connectivity index (χ3v) is 3.19. The molecule has 96 valence electrons. The molecule has 2 rings (SSSR count). The van der Waals surface area contributed by atoms with Gasteiger partial charge in [0.15, 0.2) is 12.4 Å². The fourth-order valence-electron chi connectivity index (χ4n) is 1.64. The molecular formula is C13H16BrN2O2+. The summed E-state index contributed by atoms with van der Waals surface area (Å²) < 4.78 is 2.79. The van der Waals surface area contributed by atoms with Gasteiger partial charge < -0.3 is 0 Å². The van der Waals surface area contributed by atoms with E-state index < -0.39 is 0 Å². The quantitative estimate of drug-likeness (QED) is 0.480. The average Bonchev–Trinajstić information content (AvgIpc) is 2.40. The van der Waals surface area contributed by atoms with Crippen LogP contribution in [0.2, 0.25) is 0 Å². The van der Waals surface area contributed by atoms with E-state index in [-0.39, 0.29) is 10.6 Å². The molecule has 1 aromatic heterocycles. The molecule has 1 aromatic carbocycles. The minimum atomic E-state index is -0.352. The molecule has 0 aliphatic carbocycles. The lowest BCUT2D eigenvalue weighted by atomic mass is 10.1. The molecule has 5 heteroatoms. The van der Waals surface area contributed by atoms with Gasteiger partial charge in [-0.05, 0) is 13.0 Å². The Morgan fingerprint density at radius 2 is 1.94 bits per heavy atom. The van der Waals surface area contributed by atoms with Gasteiger partial charge in [0.1, 0.15) is 11.9 Å². The molecule has 0 spiro atoms. The van der Waals surface area contributed by atoms with E-state index in [1.54, 1.807) is 12.3 Å². The Kier molecular flexibility index (Phi) is 5.22. The molecule has 0 saturated heterocycles. The highest BCUT2D eigenvalue weighted by Gasteiger charge is 2.16. The van der Waals surface area contributed by atoms with Crippen LogP contribution in [0, 0.1) is 10.1 Å². The monoisotopic (exact) mass is 311 g/mol. The van der Waals surface area contributed by atoms with Gasteiger partial charge >= 0.3 is 0 Å². The minimum absolute atomic E-state index is 0.140. The highest BCUT2D eigenvalue weighted by molar-refractivity contribution is 9.10. The summed E-state index contributed by atoms with van der Waals surface area (Å²) in [7, 11) is 0. The maximum Gasteiger partial charge on any atom is 0.283 e. The van der Waals surface area contributed by atoms with Crippen molar-refractivity contribution in [2.24, 2.45) is 0 Å². The number of aromatic nitrogens is 1. The van der Waals surface area contributed by atoms with Gasteiger partial charge in [0, 0.05) is 22.0 Å². The van der Waals surface area contributed by atoms with Crippen LogP contribution in [0.15, 0.2) is 35.1 Å². The zero-order valence-electron chi connectivity index (χ0n) is 10.7. The zero-order valence-corrected chi connectivity index (χ0v) is 12.3. The van der Waals surface area contributed by atoms with Crippen LogP contribution in [0.3, 0.4) is 0 Å². The summed E-state index contributed by atoms with van der Waals surface area (Å²) in [5.41, 5.74) is 0.140. The molecule has 0 saturated carbocycles. The van der Waals surface area contributed by atoms with Crippen LogP contribution in [-0.2, 0) is 6.54 Å². The van der Waals surface area contributed by atoms with Crippen LogP contribution in [0.5, 0.6) is 0 Å². The second-order valence-electron chi connectivity index (χ2n) is 3.43. The van der Waals surface area contributed by atoms with Crippen molar-refractivity contribution in [1.29, 1.82) is 0 Å². The number of nitro groups is 1. The van der Waals surface area contributed by atoms with Gasteiger partial charge in [-0.2, -0.15) is 0 Å². The first kappa shape index (κ1) is 14.6. The number of pyridine rings is 1. The fraction of sp³-hybridized carbons (Fsp3) is 0.308. The number of nitro benzene ring substituents is 1. The molecule has 18 heavy (non-hydrogen) atoms. The lowest BCUT2D eigenvalue weighted by Crippen LogP contribution is -2.30. The predicted molar refractivity (Wildman–Crippen MR) is 75.5 cm³/mol. The van der Waals surface area contributed by atoms with Gasteiger partial charge in [-0.25, -0.2) is 4.57 Å². The Hall–Kier alpha value is -1.49. The fourth-order valence-corrected chi connectivity index (χ4v) is 2.12. The normalized spacial score (nSPS) is 9.78. The van der Waals surface area contributed by atoms with E-state index in [1.807, 2.05) is 37.6 Å². The zero-order chi connectivity index (χ0) is 13.7. The molecule has 0 radical (unpaired) electrons. The molecule has 2 aromatic rings. The Morgan fingerprint density at radius 1 is 1.28 bits per heavy atom. The Labute approximate surface area is 115 Å². The maximum atomic E-state index is 10.9. The number of benzene rings is 1. The first-order valence-electron chi connectivity index (χ1n) is 5.89. The van der Waals surface area contributed by atoms with E-state index >= 15 is 0 Å². The Bertz CT molecular complexity index is 570. The average molecular weight is 312 g/mol. The summed E-state index contributed by atoms with van der Waals surface area (Å²) >= 11 is 3.39. The summed E-state index contributed by atoms with van der Waals surface area (Å²) in [6, 6.07) is 5.11. The van der Waals surface area contributed by atoms with Crippen molar-refractivity contribution in [3.05, 3.63) is 45.2 Å².